The minimum absolute atomic E-state index is 0.140. The van der Waals surface area contributed by atoms with Crippen LogP contribution in [0.15, 0.2) is 15.8 Å². The summed E-state index contributed by atoms with van der Waals surface area (Å²) >= 11 is 0. The predicted octanol–water partition coefficient (Wildman–Crippen LogP) is -0.984. The van der Waals surface area contributed by atoms with E-state index in [1.165, 1.54) is 10.8 Å². The van der Waals surface area contributed by atoms with E-state index in [2.05, 4.69) is 9.51 Å². The minimum Gasteiger partial charge on any atom is -0.756 e. The van der Waals surface area contributed by atoms with Gasteiger partial charge in [0.1, 0.15) is 12.3 Å². The maximum Gasteiger partial charge on any atom is 0.330 e. The van der Waals surface area contributed by atoms with Crippen molar-refractivity contribution >= 4 is 7.82 Å². The van der Waals surface area contributed by atoms with Crippen LogP contribution in [0.2, 0.25) is 0 Å². The van der Waals surface area contributed by atoms with E-state index in [9.17, 15) is 19.0 Å². The van der Waals surface area contributed by atoms with Crippen LogP contribution in [0.3, 0.4) is 0 Å². The zero-order chi connectivity index (χ0) is 14.5. The third-order valence-electron chi connectivity index (χ3n) is 3.30. The van der Waals surface area contributed by atoms with E-state index in [4.69, 9.17) is 9.26 Å². The Balaban J connectivity index is 1.88. The lowest BCUT2D eigenvalue weighted by Crippen LogP contribution is -2.35. The third kappa shape index (κ3) is 2.38. The number of nitrogens with one attached hydrogen (secondary N) is 1. The molecule has 2 fully saturated rings. The summed E-state index contributed by atoms with van der Waals surface area (Å²) < 4.78 is 27.3. The van der Waals surface area contributed by atoms with Crippen molar-refractivity contribution < 1.29 is 23.2 Å². The molecule has 110 valence electrons. The summed E-state index contributed by atoms with van der Waals surface area (Å²) in [5.41, 5.74) is -0.726. The number of aromatic nitrogens is 2. The number of aromatic amines is 1. The standard InChI is InChI=1S/C10H13N2O7P/c1-5-3-12(10(14)11-9(5)13)8-2-6-7(18-8)4-17-20(15,16)19-6/h3,6-8H,2,4H2,1H3,(H,15,16)(H,11,13,14)/p-1. The van der Waals surface area contributed by atoms with Gasteiger partial charge in [0.25, 0.3) is 13.4 Å². The van der Waals surface area contributed by atoms with Crippen molar-refractivity contribution in [1.82, 2.24) is 9.55 Å². The zero-order valence-corrected chi connectivity index (χ0v) is 11.4. The van der Waals surface area contributed by atoms with Gasteiger partial charge < -0.3 is 18.7 Å². The van der Waals surface area contributed by atoms with E-state index >= 15 is 0 Å². The number of phosphoric ester groups is 1. The summed E-state index contributed by atoms with van der Waals surface area (Å²) in [5.74, 6) is 0. The molecule has 3 heterocycles. The number of rotatable bonds is 1. The normalized spacial score (nSPS) is 36.8. The number of nitrogens with zero attached hydrogens (tertiary/aromatic N) is 1. The van der Waals surface area contributed by atoms with E-state index in [1.54, 1.807) is 6.92 Å². The summed E-state index contributed by atoms with van der Waals surface area (Å²) in [6.07, 6.45) is -0.381. The molecular formula is C10H12N2O7P-. The summed E-state index contributed by atoms with van der Waals surface area (Å²) in [7, 11) is -4.28. The Morgan fingerprint density at radius 3 is 2.95 bits per heavy atom. The highest BCUT2D eigenvalue weighted by atomic mass is 31.2. The second kappa shape index (κ2) is 4.64. The quantitative estimate of drug-likeness (QED) is 0.661. The van der Waals surface area contributed by atoms with Crippen molar-refractivity contribution in [1.29, 1.82) is 0 Å². The molecule has 2 aliphatic rings. The molecule has 0 aromatic carbocycles. The van der Waals surface area contributed by atoms with Crippen LogP contribution in [-0.4, -0.2) is 28.4 Å². The van der Waals surface area contributed by atoms with Gasteiger partial charge in [-0.1, -0.05) is 0 Å². The lowest BCUT2D eigenvalue weighted by atomic mass is 10.2. The van der Waals surface area contributed by atoms with Crippen molar-refractivity contribution in [2.45, 2.75) is 31.8 Å². The van der Waals surface area contributed by atoms with E-state index in [0.29, 0.717) is 5.56 Å². The van der Waals surface area contributed by atoms with Crippen LogP contribution in [0.4, 0.5) is 0 Å². The monoisotopic (exact) mass is 303 g/mol. The molecule has 1 N–H and O–H groups in total. The van der Waals surface area contributed by atoms with Crippen LogP contribution >= 0.6 is 7.82 Å². The van der Waals surface area contributed by atoms with Crippen LogP contribution in [0.1, 0.15) is 18.2 Å². The van der Waals surface area contributed by atoms with Gasteiger partial charge in [0.15, 0.2) is 0 Å². The molecule has 4 atom stereocenters. The highest BCUT2D eigenvalue weighted by Gasteiger charge is 2.43. The van der Waals surface area contributed by atoms with Crippen molar-refractivity contribution in [2.75, 3.05) is 6.61 Å². The number of phosphoric acid groups is 1. The Kier molecular flexibility index (Phi) is 3.19. The van der Waals surface area contributed by atoms with Gasteiger partial charge in [-0.25, -0.2) is 4.79 Å². The molecule has 20 heavy (non-hydrogen) atoms. The molecule has 0 aliphatic carbocycles. The molecule has 0 radical (unpaired) electrons. The molecule has 1 aromatic rings. The Morgan fingerprint density at radius 1 is 1.45 bits per heavy atom. The van der Waals surface area contributed by atoms with Crippen LogP contribution in [0.25, 0.3) is 0 Å². The van der Waals surface area contributed by atoms with Gasteiger partial charge in [-0.3, -0.25) is 18.9 Å². The first-order valence-corrected chi connectivity index (χ1v) is 7.43. The van der Waals surface area contributed by atoms with Crippen LogP contribution in [-0.2, 0) is 18.3 Å². The first-order chi connectivity index (χ1) is 9.35. The fourth-order valence-electron chi connectivity index (χ4n) is 2.29. The Labute approximate surface area is 112 Å². The molecule has 0 bridgehead atoms. The number of fused-ring (bicyclic) bond motifs is 1. The second-order valence-corrected chi connectivity index (χ2v) is 6.09. The summed E-state index contributed by atoms with van der Waals surface area (Å²) in [4.78, 5) is 36.4. The van der Waals surface area contributed by atoms with Crippen LogP contribution in [0.5, 0.6) is 0 Å². The average molecular weight is 303 g/mol. The fraction of sp³-hybridized carbons (Fsp3) is 0.600. The Bertz CT molecular complexity index is 696. The molecule has 0 saturated carbocycles. The highest BCUT2D eigenvalue weighted by molar-refractivity contribution is 7.45. The maximum absolute atomic E-state index is 11.8. The van der Waals surface area contributed by atoms with Crippen molar-refractivity contribution in [3.63, 3.8) is 0 Å². The molecule has 1 aromatic heterocycles. The minimum atomic E-state index is -4.28. The lowest BCUT2D eigenvalue weighted by Gasteiger charge is -2.33. The summed E-state index contributed by atoms with van der Waals surface area (Å²) in [5, 5.41) is 0. The second-order valence-electron chi connectivity index (χ2n) is 4.73. The number of hydrogen-bond acceptors (Lipinski definition) is 7. The summed E-state index contributed by atoms with van der Waals surface area (Å²) in [6, 6.07) is 0. The molecule has 2 saturated heterocycles. The molecule has 10 heteroatoms. The topological polar surface area (TPSA) is 123 Å². The van der Waals surface area contributed by atoms with Gasteiger partial charge in [-0.05, 0) is 6.92 Å². The van der Waals surface area contributed by atoms with Crippen molar-refractivity contribution in [3.05, 3.63) is 32.6 Å². The first-order valence-electron chi connectivity index (χ1n) is 5.97. The van der Waals surface area contributed by atoms with Gasteiger partial charge in [0.05, 0.1) is 12.7 Å². The number of H-pyrrole nitrogens is 1. The first kappa shape index (κ1) is 13.7. The molecule has 0 spiro atoms. The molecular weight excluding hydrogens is 291 g/mol. The third-order valence-corrected chi connectivity index (χ3v) is 4.29. The fourth-order valence-corrected chi connectivity index (χ4v) is 3.24. The smallest absolute Gasteiger partial charge is 0.330 e. The number of hydrogen-bond donors (Lipinski definition) is 1. The lowest BCUT2D eigenvalue weighted by molar-refractivity contribution is -0.243. The number of aryl methyl sites for hydroxylation is 1. The van der Waals surface area contributed by atoms with Gasteiger partial charge in [0.2, 0.25) is 0 Å². The average Bonchev–Trinajstić information content (AvgIpc) is 2.74. The van der Waals surface area contributed by atoms with Gasteiger partial charge in [-0.2, -0.15) is 0 Å². The van der Waals surface area contributed by atoms with E-state index in [0.717, 1.165) is 0 Å². The number of ether oxygens (including phenoxy) is 1. The van der Waals surface area contributed by atoms with Gasteiger partial charge in [-0.15, -0.1) is 0 Å². The van der Waals surface area contributed by atoms with Gasteiger partial charge >= 0.3 is 5.69 Å². The predicted molar refractivity (Wildman–Crippen MR) is 63.0 cm³/mol. The molecule has 4 unspecified atom stereocenters. The Hall–Kier alpha value is -1.25. The largest absolute Gasteiger partial charge is 0.756 e. The maximum atomic E-state index is 11.8. The van der Waals surface area contributed by atoms with Crippen molar-refractivity contribution in [2.24, 2.45) is 0 Å². The molecule has 3 rings (SSSR count). The van der Waals surface area contributed by atoms with E-state index < -0.39 is 37.5 Å². The van der Waals surface area contributed by atoms with Crippen molar-refractivity contribution in [3.8, 4) is 0 Å². The molecule has 2 aliphatic heterocycles. The molecule has 9 nitrogen and oxygen atoms in total. The van der Waals surface area contributed by atoms with Crippen LogP contribution < -0.4 is 16.1 Å². The highest BCUT2D eigenvalue weighted by Crippen LogP contribution is 2.49. The van der Waals surface area contributed by atoms with Crippen LogP contribution in [0, 0.1) is 6.92 Å². The Morgan fingerprint density at radius 2 is 2.20 bits per heavy atom. The van der Waals surface area contributed by atoms with E-state index in [-0.39, 0.29) is 13.0 Å². The molecule has 0 amide bonds. The van der Waals surface area contributed by atoms with Gasteiger partial charge in [0, 0.05) is 18.2 Å². The summed E-state index contributed by atoms with van der Waals surface area (Å²) in [6.45, 7) is 1.42. The SMILES string of the molecule is Cc1cn(C2CC3OP(=O)([O-])OCC3O2)c(=O)[nH]c1=O. The zero-order valence-electron chi connectivity index (χ0n) is 10.5. The van der Waals surface area contributed by atoms with E-state index in [1.807, 2.05) is 0 Å².